The standard InChI is InChI=1S/C13H17F2NO/c1-10-3-5-11(6-4-10)12(17)7-8-16(2)9-13(14)15/h3-6,13H,7-9H2,1-2H3. The van der Waals surface area contributed by atoms with Crippen molar-refractivity contribution in [3.63, 3.8) is 0 Å². The Labute approximate surface area is 100 Å². The first-order valence-electron chi connectivity index (χ1n) is 5.55. The molecule has 0 saturated carbocycles. The van der Waals surface area contributed by atoms with E-state index in [0.29, 0.717) is 12.1 Å². The minimum atomic E-state index is -2.35. The highest BCUT2D eigenvalue weighted by molar-refractivity contribution is 5.96. The molecule has 4 heteroatoms. The number of carbonyl (C=O) groups excluding carboxylic acids is 1. The highest BCUT2D eigenvalue weighted by Crippen LogP contribution is 2.07. The summed E-state index contributed by atoms with van der Waals surface area (Å²) in [5, 5.41) is 0. The van der Waals surface area contributed by atoms with Crippen LogP contribution in [0.4, 0.5) is 8.78 Å². The number of carbonyl (C=O) groups is 1. The van der Waals surface area contributed by atoms with E-state index in [9.17, 15) is 13.6 Å². The first-order valence-corrected chi connectivity index (χ1v) is 5.55. The molecule has 0 N–H and O–H groups in total. The molecular weight excluding hydrogens is 224 g/mol. The smallest absolute Gasteiger partial charge is 0.251 e. The molecule has 2 nitrogen and oxygen atoms in total. The van der Waals surface area contributed by atoms with Gasteiger partial charge in [-0.2, -0.15) is 0 Å². The third-order valence-corrected chi connectivity index (χ3v) is 2.54. The highest BCUT2D eigenvalue weighted by Gasteiger charge is 2.10. The Hall–Kier alpha value is -1.29. The second-order valence-corrected chi connectivity index (χ2v) is 4.19. The Morgan fingerprint density at radius 3 is 2.41 bits per heavy atom. The number of halogens is 2. The largest absolute Gasteiger partial charge is 0.300 e. The van der Waals surface area contributed by atoms with Crippen molar-refractivity contribution in [1.29, 1.82) is 0 Å². The maximum absolute atomic E-state index is 12.1. The van der Waals surface area contributed by atoms with Gasteiger partial charge in [-0.15, -0.1) is 0 Å². The topological polar surface area (TPSA) is 20.3 Å². The molecule has 0 aromatic heterocycles. The Morgan fingerprint density at radius 1 is 1.29 bits per heavy atom. The molecule has 0 aliphatic rings. The van der Waals surface area contributed by atoms with Gasteiger partial charge in [-0.25, -0.2) is 8.78 Å². The van der Waals surface area contributed by atoms with E-state index in [1.807, 2.05) is 19.1 Å². The van der Waals surface area contributed by atoms with Crippen molar-refractivity contribution in [3.05, 3.63) is 35.4 Å². The van der Waals surface area contributed by atoms with E-state index in [0.717, 1.165) is 5.56 Å². The molecule has 0 atom stereocenters. The van der Waals surface area contributed by atoms with Crippen molar-refractivity contribution in [2.45, 2.75) is 19.8 Å². The molecule has 0 radical (unpaired) electrons. The van der Waals surface area contributed by atoms with Crippen LogP contribution in [-0.4, -0.2) is 37.2 Å². The molecule has 0 fully saturated rings. The van der Waals surface area contributed by atoms with Crippen LogP contribution < -0.4 is 0 Å². The van der Waals surface area contributed by atoms with E-state index < -0.39 is 6.43 Å². The van der Waals surface area contributed by atoms with Crippen LogP contribution in [0.1, 0.15) is 22.3 Å². The number of Topliss-reactive ketones (excluding diaryl/α,β-unsaturated/α-hetero) is 1. The summed E-state index contributed by atoms with van der Waals surface area (Å²) in [5.74, 6) is -0.00823. The van der Waals surface area contributed by atoms with Crippen molar-refractivity contribution >= 4 is 5.78 Å². The van der Waals surface area contributed by atoms with Crippen LogP contribution in [0, 0.1) is 6.92 Å². The Kier molecular flexibility index (Phi) is 5.22. The number of hydrogen-bond acceptors (Lipinski definition) is 2. The summed E-state index contributed by atoms with van der Waals surface area (Å²) in [7, 11) is 1.59. The molecule has 0 saturated heterocycles. The molecule has 1 rings (SSSR count). The Balaban J connectivity index is 2.42. The van der Waals surface area contributed by atoms with Gasteiger partial charge in [0.2, 0.25) is 0 Å². The van der Waals surface area contributed by atoms with Gasteiger partial charge in [-0.05, 0) is 14.0 Å². The van der Waals surface area contributed by atoms with Gasteiger partial charge in [0.25, 0.3) is 6.43 Å². The minimum Gasteiger partial charge on any atom is -0.300 e. The van der Waals surface area contributed by atoms with Crippen LogP contribution in [0.15, 0.2) is 24.3 Å². The van der Waals surface area contributed by atoms with Gasteiger partial charge in [-0.1, -0.05) is 29.8 Å². The number of benzene rings is 1. The number of alkyl halides is 2. The summed E-state index contributed by atoms with van der Waals surface area (Å²) in [6.45, 7) is 2.02. The van der Waals surface area contributed by atoms with Crippen molar-refractivity contribution in [1.82, 2.24) is 4.90 Å². The van der Waals surface area contributed by atoms with E-state index in [4.69, 9.17) is 0 Å². The molecular formula is C13H17F2NO. The van der Waals surface area contributed by atoms with Gasteiger partial charge in [0.05, 0.1) is 6.54 Å². The fourth-order valence-corrected chi connectivity index (χ4v) is 1.50. The monoisotopic (exact) mass is 241 g/mol. The SMILES string of the molecule is Cc1ccc(C(=O)CCN(C)CC(F)F)cc1. The quantitative estimate of drug-likeness (QED) is 0.714. The van der Waals surface area contributed by atoms with Crippen molar-refractivity contribution in [2.75, 3.05) is 20.1 Å². The number of rotatable bonds is 6. The maximum Gasteiger partial charge on any atom is 0.251 e. The molecule has 1 aromatic rings. The average molecular weight is 241 g/mol. The lowest BCUT2D eigenvalue weighted by Crippen LogP contribution is -2.27. The Bertz CT molecular complexity index is 362. The van der Waals surface area contributed by atoms with Crippen LogP contribution in [0.5, 0.6) is 0 Å². The number of aryl methyl sites for hydroxylation is 1. The van der Waals surface area contributed by atoms with E-state index in [-0.39, 0.29) is 18.7 Å². The molecule has 0 aliphatic carbocycles. The molecule has 0 spiro atoms. The second-order valence-electron chi connectivity index (χ2n) is 4.19. The number of ketones is 1. The lowest BCUT2D eigenvalue weighted by Gasteiger charge is -2.15. The van der Waals surface area contributed by atoms with Crippen molar-refractivity contribution in [2.24, 2.45) is 0 Å². The molecule has 0 amide bonds. The molecule has 0 bridgehead atoms. The predicted octanol–water partition coefficient (Wildman–Crippen LogP) is 2.76. The van der Waals surface area contributed by atoms with Crippen LogP contribution in [0.25, 0.3) is 0 Å². The first kappa shape index (κ1) is 13.8. The molecule has 94 valence electrons. The average Bonchev–Trinajstić information content (AvgIpc) is 2.26. The first-order chi connectivity index (χ1) is 7.99. The minimum absolute atomic E-state index is 0.00823. The van der Waals surface area contributed by atoms with Gasteiger partial charge in [0.15, 0.2) is 5.78 Å². The van der Waals surface area contributed by atoms with Crippen LogP contribution >= 0.6 is 0 Å². The molecule has 1 aromatic carbocycles. The van der Waals surface area contributed by atoms with E-state index >= 15 is 0 Å². The molecule has 0 unspecified atom stereocenters. The van der Waals surface area contributed by atoms with Gasteiger partial charge < -0.3 is 4.90 Å². The van der Waals surface area contributed by atoms with Gasteiger partial charge in [-0.3, -0.25) is 4.79 Å². The fraction of sp³-hybridized carbons (Fsp3) is 0.462. The zero-order valence-electron chi connectivity index (χ0n) is 10.1. The molecule has 17 heavy (non-hydrogen) atoms. The molecule has 0 aliphatic heterocycles. The lowest BCUT2D eigenvalue weighted by atomic mass is 10.1. The summed E-state index contributed by atoms with van der Waals surface area (Å²) in [4.78, 5) is 13.2. The summed E-state index contributed by atoms with van der Waals surface area (Å²) in [6.07, 6.45) is -2.08. The number of hydrogen-bond donors (Lipinski definition) is 0. The summed E-state index contributed by atoms with van der Waals surface area (Å²) in [5.41, 5.74) is 1.73. The van der Waals surface area contributed by atoms with E-state index in [1.165, 1.54) is 4.90 Å². The van der Waals surface area contributed by atoms with Crippen LogP contribution in [-0.2, 0) is 0 Å². The fourth-order valence-electron chi connectivity index (χ4n) is 1.50. The van der Waals surface area contributed by atoms with Crippen molar-refractivity contribution in [3.8, 4) is 0 Å². The third kappa shape index (κ3) is 5.04. The summed E-state index contributed by atoms with van der Waals surface area (Å²) in [6, 6.07) is 7.28. The zero-order chi connectivity index (χ0) is 12.8. The van der Waals surface area contributed by atoms with Crippen LogP contribution in [0.3, 0.4) is 0 Å². The predicted molar refractivity (Wildman–Crippen MR) is 63.6 cm³/mol. The van der Waals surface area contributed by atoms with Gasteiger partial charge >= 0.3 is 0 Å². The molecule has 0 heterocycles. The second kappa shape index (κ2) is 6.45. The summed E-state index contributed by atoms with van der Waals surface area (Å²) < 4.78 is 24.1. The summed E-state index contributed by atoms with van der Waals surface area (Å²) >= 11 is 0. The lowest BCUT2D eigenvalue weighted by molar-refractivity contribution is 0.0881. The van der Waals surface area contributed by atoms with Gasteiger partial charge in [0.1, 0.15) is 0 Å². The highest BCUT2D eigenvalue weighted by atomic mass is 19.3. The van der Waals surface area contributed by atoms with E-state index in [2.05, 4.69) is 0 Å². The van der Waals surface area contributed by atoms with E-state index in [1.54, 1.807) is 19.2 Å². The maximum atomic E-state index is 12.1. The zero-order valence-corrected chi connectivity index (χ0v) is 10.1. The van der Waals surface area contributed by atoms with Gasteiger partial charge in [0, 0.05) is 18.5 Å². The third-order valence-electron chi connectivity index (χ3n) is 2.54. The van der Waals surface area contributed by atoms with Crippen LogP contribution in [0.2, 0.25) is 0 Å². The normalized spacial score (nSPS) is 11.2. The Morgan fingerprint density at radius 2 is 1.88 bits per heavy atom. The van der Waals surface area contributed by atoms with Crippen molar-refractivity contribution < 1.29 is 13.6 Å². The number of nitrogens with zero attached hydrogens (tertiary/aromatic N) is 1.